The molecule has 0 amide bonds. The van der Waals surface area contributed by atoms with Crippen LogP contribution in [0.2, 0.25) is 0 Å². The molecule has 0 saturated heterocycles. The Balaban J connectivity index is 2.02. The Morgan fingerprint density at radius 1 is 1.20 bits per heavy atom. The molecule has 2 N–H and O–H groups in total. The van der Waals surface area contributed by atoms with Crippen LogP contribution in [0.1, 0.15) is 13.3 Å². The van der Waals surface area contributed by atoms with Gasteiger partial charge < -0.3 is 10.6 Å². The quantitative estimate of drug-likeness (QED) is 0.461. The van der Waals surface area contributed by atoms with Gasteiger partial charge in [-0.3, -0.25) is 10.1 Å². The minimum atomic E-state index is -0.398. The molecule has 6 nitrogen and oxygen atoms in total. The van der Waals surface area contributed by atoms with Gasteiger partial charge in [0.25, 0.3) is 5.69 Å². The highest BCUT2D eigenvalue weighted by atomic mass is 16.6. The van der Waals surface area contributed by atoms with Gasteiger partial charge in [-0.1, -0.05) is 6.92 Å². The van der Waals surface area contributed by atoms with Crippen molar-refractivity contribution in [3.63, 3.8) is 0 Å². The topological polar surface area (TPSA) is 80.1 Å². The van der Waals surface area contributed by atoms with E-state index in [9.17, 15) is 10.1 Å². The van der Waals surface area contributed by atoms with Gasteiger partial charge in [-0.25, -0.2) is 4.98 Å². The Labute approximate surface area is 117 Å². The third-order valence-electron chi connectivity index (χ3n) is 2.92. The van der Waals surface area contributed by atoms with E-state index >= 15 is 0 Å². The number of nitrogens with one attached hydrogen (secondary N) is 2. The van der Waals surface area contributed by atoms with Crippen LogP contribution >= 0.6 is 0 Å². The zero-order valence-electron chi connectivity index (χ0n) is 11.4. The van der Waals surface area contributed by atoms with Crippen molar-refractivity contribution in [3.8, 4) is 0 Å². The summed E-state index contributed by atoms with van der Waals surface area (Å²) in [6.07, 6.45) is 1.12. The Kier molecular flexibility index (Phi) is 4.84. The molecule has 0 bridgehead atoms. The maximum atomic E-state index is 10.7. The summed E-state index contributed by atoms with van der Waals surface area (Å²) in [6.45, 7) is 4.82. The minimum Gasteiger partial charge on any atom is -0.369 e. The van der Waals surface area contributed by atoms with Gasteiger partial charge in [-0.2, -0.15) is 0 Å². The first-order chi connectivity index (χ1) is 9.70. The normalized spacial score (nSPS) is 10.7. The molecule has 0 fully saturated rings. The van der Waals surface area contributed by atoms with Crippen molar-refractivity contribution in [2.75, 3.05) is 25.0 Å². The fourth-order valence-corrected chi connectivity index (χ4v) is 1.91. The first-order valence-corrected chi connectivity index (χ1v) is 6.70. The number of fused-ring (bicyclic) bond motifs is 1. The van der Waals surface area contributed by atoms with Crippen molar-refractivity contribution in [3.05, 3.63) is 40.4 Å². The van der Waals surface area contributed by atoms with E-state index < -0.39 is 4.92 Å². The maximum Gasteiger partial charge on any atom is 0.270 e. The van der Waals surface area contributed by atoms with Crippen LogP contribution < -0.4 is 10.6 Å². The van der Waals surface area contributed by atoms with Gasteiger partial charge in [0.2, 0.25) is 0 Å². The lowest BCUT2D eigenvalue weighted by molar-refractivity contribution is -0.384. The zero-order chi connectivity index (χ0) is 14.4. The molecule has 1 aromatic heterocycles. The summed E-state index contributed by atoms with van der Waals surface area (Å²) in [4.78, 5) is 14.7. The molecule has 0 atom stereocenters. The molecular weight excluding hydrogens is 256 g/mol. The first-order valence-electron chi connectivity index (χ1n) is 6.70. The molecule has 0 aliphatic carbocycles. The Hall–Kier alpha value is -2.21. The monoisotopic (exact) mass is 274 g/mol. The first kappa shape index (κ1) is 14.2. The van der Waals surface area contributed by atoms with Gasteiger partial charge in [-0.05, 0) is 31.2 Å². The number of benzene rings is 1. The Morgan fingerprint density at radius 3 is 2.80 bits per heavy atom. The number of non-ortho nitro benzene ring substituents is 1. The summed E-state index contributed by atoms with van der Waals surface area (Å²) in [5, 5.41) is 18.0. The van der Waals surface area contributed by atoms with Crippen LogP contribution in [0.4, 0.5) is 11.5 Å². The van der Waals surface area contributed by atoms with E-state index in [2.05, 4.69) is 22.5 Å². The molecule has 2 rings (SSSR count). The Bertz CT molecular complexity index is 601. The molecule has 2 aromatic rings. The van der Waals surface area contributed by atoms with Gasteiger partial charge in [0.05, 0.1) is 10.4 Å². The second kappa shape index (κ2) is 6.81. The highest BCUT2D eigenvalue weighted by Crippen LogP contribution is 2.20. The second-order valence-corrected chi connectivity index (χ2v) is 4.51. The number of aromatic nitrogens is 1. The highest BCUT2D eigenvalue weighted by molar-refractivity contribution is 5.82. The largest absolute Gasteiger partial charge is 0.369 e. The van der Waals surface area contributed by atoms with Crippen molar-refractivity contribution in [1.29, 1.82) is 0 Å². The summed E-state index contributed by atoms with van der Waals surface area (Å²) in [5.41, 5.74) is 0.839. The minimum absolute atomic E-state index is 0.0868. The molecule has 106 valence electrons. The molecule has 0 unspecified atom stereocenters. The van der Waals surface area contributed by atoms with E-state index in [0.29, 0.717) is 0 Å². The zero-order valence-corrected chi connectivity index (χ0v) is 11.4. The van der Waals surface area contributed by atoms with Crippen LogP contribution in [-0.2, 0) is 0 Å². The summed E-state index contributed by atoms with van der Waals surface area (Å²) >= 11 is 0. The summed E-state index contributed by atoms with van der Waals surface area (Å²) < 4.78 is 0. The molecule has 0 radical (unpaired) electrons. The van der Waals surface area contributed by atoms with Crippen molar-refractivity contribution in [2.45, 2.75) is 13.3 Å². The van der Waals surface area contributed by atoms with Gasteiger partial charge in [-0.15, -0.1) is 0 Å². The van der Waals surface area contributed by atoms with Crippen molar-refractivity contribution < 1.29 is 4.92 Å². The van der Waals surface area contributed by atoms with Crippen LogP contribution in [0.25, 0.3) is 10.9 Å². The predicted octanol–water partition coefficient (Wildman–Crippen LogP) is 2.55. The molecule has 20 heavy (non-hydrogen) atoms. The molecule has 0 aliphatic rings. The number of hydrogen-bond acceptors (Lipinski definition) is 5. The summed E-state index contributed by atoms with van der Waals surface area (Å²) in [7, 11) is 0. The number of nitrogens with zero attached hydrogens (tertiary/aromatic N) is 2. The lowest BCUT2D eigenvalue weighted by Crippen LogP contribution is -2.22. The standard InChI is InChI=1S/C14H18N4O2/c1-2-7-15-8-9-16-14-6-3-11-10-12(18(19)20)4-5-13(11)17-14/h3-6,10,15H,2,7-9H2,1H3,(H,16,17). The van der Waals surface area contributed by atoms with Crippen LogP contribution in [0.5, 0.6) is 0 Å². The van der Waals surface area contributed by atoms with Crippen molar-refractivity contribution >= 4 is 22.4 Å². The van der Waals surface area contributed by atoms with Gasteiger partial charge >= 0.3 is 0 Å². The SMILES string of the molecule is CCCNCCNc1ccc2cc([N+](=O)[O-])ccc2n1. The fraction of sp³-hybridized carbons (Fsp3) is 0.357. The fourth-order valence-electron chi connectivity index (χ4n) is 1.91. The van der Waals surface area contributed by atoms with Gasteiger partial charge in [0.1, 0.15) is 5.82 Å². The molecule has 0 saturated carbocycles. The van der Waals surface area contributed by atoms with Crippen LogP contribution in [0.15, 0.2) is 30.3 Å². The summed E-state index contributed by atoms with van der Waals surface area (Å²) in [6, 6.07) is 8.37. The van der Waals surface area contributed by atoms with E-state index in [1.165, 1.54) is 12.1 Å². The number of hydrogen-bond donors (Lipinski definition) is 2. The van der Waals surface area contributed by atoms with Crippen LogP contribution in [0, 0.1) is 10.1 Å². The molecule has 6 heteroatoms. The molecule has 0 aliphatic heterocycles. The molecule has 1 heterocycles. The number of pyridine rings is 1. The smallest absolute Gasteiger partial charge is 0.270 e. The Morgan fingerprint density at radius 2 is 2.05 bits per heavy atom. The van der Waals surface area contributed by atoms with Crippen LogP contribution in [0.3, 0.4) is 0 Å². The van der Waals surface area contributed by atoms with E-state index in [1.807, 2.05) is 12.1 Å². The van der Waals surface area contributed by atoms with Crippen molar-refractivity contribution in [1.82, 2.24) is 10.3 Å². The predicted molar refractivity (Wildman–Crippen MR) is 80.0 cm³/mol. The van der Waals surface area contributed by atoms with E-state index in [1.54, 1.807) is 6.07 Å². The van der Waals surface area contributed by atoms with Gasteiger partial charge in [0, 0.05) is 30.6 Å². The maximum absolute atomic E-state index is 10.7. The number of anilines is 1. The average Bonchev–Trinajstić information content (AvgIpc) is 2.46. The lowest BCUT2D eigenvalue weighted by atomic mass is 10.2. The highest BCUT2D eigenvalue weighted by Gasteiger charge is 2.06. The number of rotatable bonds is 7. The van der Waals surface area contributed by atoms with E-state index in [0.717, 1.165) is 42.8 Å². The van der Waals surface area contributed by atoms with E-state index in [4.69, 9.17) is 0 Å². The van der Waals surface area contributed by atoms with Crippen molar-refractivity contribution in [2.24, 2.45) is 0 Å². The summed E-state index contributed by atoms with van der Waals surface area (Å²) in [5.74, 6) is 0.782. The van der Waals surface area contributed by atoms with E-state index in [-0.39, 0.29) is 5.69 Å². The third kappa shape index (κ3) is 3.64. The third-order valence-corrected chi connectivity index (χ3v) is 2.92. The second-order valence-electron chi connectivity index (χ2n) is 4.51. The van der Waals surface area contributed by atoms with Crippen LogP contribution in [-0.4, -0.2) is 29.5 Å². The lowest BCUT2D eigenvalue weighted by Gasteiger charge is -2.07. The molecule has 1 aromatic carbocycles. The number of nitro benzene ring substituents is 1. The average molecular weight is 274 g/mol. The van der Waals surface area contributed by atoms with Gasteiger partial charge in [0.15, 0.2) is 0 Å². The molecule has 0 spiro atoms. The molecular formula is C14H18N4O2. The number of nitro groups is 1.